The molecular formula is C12H14BrCl2NO2. The van der Waals surface area contributed by atoms with Crippen molar-refractivity contribution in [1.82, 2.24) is 0 Å². The lowest BCUT2D eigenvalue weighted by Gasteiger charge is -2.35. The van der Waals surface area contributed by atoms with Crippen LogP contribution in [0.5, 0.6) is 0 Å². The molecule has 1 N–H and O–H groups in total. The van der Waals surface area contributed by atoms with Crippen LogP contribution in [0.2, 0.25) is 10.0 Å². The molecule has 1 aliphatic rings. The van der Waals surface area contributed by atoms with Crippen LogP contribution in [0.25, 0.3) is 0 Å². The Morgan fingerprint density at radius 2 is 1.72 bits per heavy atom. The van der Waals surface area contributed by atoms with E-state index in [0.29, 0.717) is 28.9 Å². The van der Waals surface area contributed by atoms with Crippen LogP contribution < -0.4 is 5.32 Å². The Bertz CT molecular complexity index is 421. The van der Waals surface area contributed by atoms with E-state index in [4.69, 9.17) is 32.7 Å². The third kappa shape index (κ3) is 3.52. The second kappa shape index (κ2) is 5.55. The molecule has 1 fully saturated rings. The van der Waals surface area contributed by atoms with E-state index in [1.807, 2.05) is 13.8 Å². The molecule has 1 heterocycles. The van der Waals surface area contributed by atoms with Crippen LogP contribution in [0, 0.1) is 0 Å². The molecule has 0 bridgehead atoms. The number of benzene rings is 1. The third-order valence-corrected chi connectivity index (χ3v) is 3.67. The standard InChI is InChI=1S/C12H14BrCl2NO2/c1-12(2)17-5-8(6-18-12)16-11-9(14)3-7(13)4-10(11)15/h3-4,8,16H,5-6H2,1-2H3. The molecule has 100 valence electrons. The maximum atomic E-state index is 6.15. The van der Waals surface area contributed by atoms with Crippen LogP contribution in [0.1, 0.15) is 13.8 Å². The van der Waals surface area contributed by atoms with E-state index < -0.39 is 5.79 Å². The maximum absolute atomic E-state index is 6.15. The van der Waals surface area contributed by atoms with Gasteiger partial charge in [-0.3, -0.25) is 0 Å². The average Bonchev–Trinajstić information content (AvgIpc) is 2.25. The minimum Gasteiger partial charge on any atom is -0.375 e. The summed E-state index contributed by atoms with van der Waals surface area (Å²) < 4.78 is 12.0. The summed E-state index contributed by atoms with van der Waals surface area (Å²) in [6, 6.07) is 3.63. The summed E-state index contributed by atoms with van der Waals surface area (Å²) in [5.74, 6) is -0.522. The van der Waals surface area contributed by atoms with Crippen molar-refractivity contribution in [2.45, 2.75) is 25.7 Å². The van der Waals surface area contributed by atoms with Crippen molar-refractivity contribution in [2.75, 3.05) is 18.5 Å². The summed E-state index contributed by atoms with van der Waals surface area (Å²) >= 11 is 15.6. The first-order chi connectivity index (χ1) is 8.37. The van der Waals surface area contributed by atoms with Crippen LogP contribution in [-0.4, -0.2) is 25.0 Å². The molecule has 6 heteroatoms. The van der Waals surface area contributed by atoms with Gasteiger partial charge in [0.05, 0.1) is 35.0 Å². The van der Waals surface area contributed by atoms with Gasteiger partial charge in [-0.05, 0) is 26.0 Å². The lowest BCUT2D eigenvalue weighted by molar-refractivity contribution is -0.247. The van der Waals surface area contributed by atoms with Gasteiger partial charge in [0.2, 0.25) is 0 Å². The quantitative estimate of drug-likeness (QED) is 0.857. The zero-order valence-electron chi connectivity index (χ0n) is 10.1. The van der Waals surface area contributed by atoms with Crippen molar-refractivity contribution in [3.8, 4) is 0 Å². The van der Waals surface area contributed by atoms with Crippen molar-refractivity contribution in [3.05, 3.63) is 26.7 Å². The summed E-state index contributed by atoms with van der Waals surface area (Å²) in [4.78, 5) is 0. The average molecular weight is 355 g/mol. The summed E-state index contributed by atoms with van der Waals surface area (Å²) in [6.45, 7) is 4.89. The van der Waals surface area contributed by atoms with Gasteiger partial charge in [-0.2, -0.15) is 0 Å². The van der Waals surface area contributed by atoms with Crippen molar-refractivity contribution < 1.29 is 9.47 Å². The van der Waals surface area contributed by atoms with Gasteiger partial charge in [0, 0.05) is 4.47 Å². The highest BCUT2D eigenvalue weighted by atomic mass is 79.9. The van der Waals surface area contributed by atoms with Crippen molar-refractivity contribution >= 4 is 44.8 Å². The molecule has 0 aliphatic carbocycles. The van der Waals surface area contributed by atoms with Gasteiger partial charge in [-0.25, -0.2) is 0 Å². The molecule has 1 saturated heterocycles. The first-order valence-electron chi connectivity index (χ1n) is 5.56. The van der Waals surface area contributed by atoms with Crippen LogP contribution in [0.15, 0.2) is 16.6 Å². The second-order valence-electron chi connectivity index (χ2n) is 4.61. The number of nitrogens with one attached hydrogen (secondary N) is 1. The molecule has 3 nitrogen and oxygen atoms in total. The molecule has 1 aromatic carbocycles. The summed E-state index contributed by atoms with van der Waals surface area (Å²) in [7, 11) is 0. The van der Waals surface area contributed by atoms with Gasteiger partial charge in [0.15, 0.2) is 5.79 Å². The van der Waals surface area contributed by atoms with Gasteiger partial charge < -0.3 is 14.8 Å². The number of hydrogen-bond donors (Lipinski definition) is 1. The normalized spacial score (nSPS) is 19.8. The van der Waals surface area contributed by atoms with Gasteiger partial charge in [0.1, 0.15) is 0 Å². The van der Waals surface area contributed by atoms with Gasteiger partial charge >= 0.3 is 0 Å². The van der Waals surface area contributed by atoms with Gasteiger partial charge in [-0.1, -0.05) is 39.1 Å². The highest BCUT2D eigenvalue weighted by molar-refractivity contribution is 9.10. The van der Waals surface area contributed by atoms with Gasteiger partial charge in [-0.15, -0.1) is 0 Å². The molecule has 1 aliphatic heterocycles. The Kier molecular flexibility index (Phi) is 4.44. The first-order valence-corrected chi connectivity index (χ1v) is 7.11. The summed E-state index contributed by atoms with van der Waals surface area (Å²) in [6.07, 6.45) is 0. The summed E-state index contributed by atoms with van der Waals surface area (Å²) in [5, 5.41) is 4.39. The number of rotatable bonds is 2. The summed E-state index contributed by atoms with van der Waals surface area (Å²) in [5.41, 5.74) is 0.707. The lowest BCUT2D eigenvalue weighted by Crippen LogP contribution is -2.45. The molecule has 0 amide bonds. The van der Waals surface area contributed by atoms with E-state index in [-0.39, 0.29) is 6.04 Å². The van der Waals surface area contributed by atoms with Gasteiger partial charge in [0.25, 0.3) is 0 Å². The smallest absolute Gasteiger partial charge is 0.162 e. The number of ether oxygens (including phenoxy) is 2. The van der Waals surface area contributed by atoms with Crippen molar-refractivity contribution in [2.24, 2.45) is 0 Å². The minimum absolute atomic E-state index is 0.0363. The number of hydrogen-bond acceptors (Lipinski definition) is 3. The Hall–Kier alpha value is -0.0000000000000000763. The molecule has 0 unspecified atom stereocenters. The Balaban J connectivity index is 2.07. The molecule has 0 aromatic heterocycles. The maximum Gasteiger partial charge on any atom is 0.162 e. The van der Waals surface area contributed by atoms with E-state index in [1.54, 1.807) is 12.1 Å². The van der Waals surface area contributed by atoms with E-state index in [9.17, 15) is 0 Å². The van der Waals surface area contributed by atoms with Crippen LogP contribution in [0.4, 0.5) is 5.69 Å². The predicted molar refractivity (Wildman–Crippen MR) is 77.6 cm³/mol. The Morgan fingerprint density at radius 1 is 1.22 bits per heavy atom. The third-order valence-electron chi connectivity index (χ3n) is 2.62. The SMILES string of the molecule is CC1(C)OCC(Nc2c(Cl)cc(Br)cc2Cl)CO1. The van der Waals surface area contributed by atoms with E-state index >= 15 is 0 Å². The molecule has 18 heavy (non-hydrogen) atoms. The fraction of sp³-hybridized carbons (Fsp3) is 0.500. The molecule has 0 spiro atoms. The lowest BCUT2D eigenvalue weighted by atomic mass is 10.2. The fourth-order valence-corrected chi connectivity index (χ4v) is 2.98. The Morgan fingerprint density at radius 3 is 2.22 bits per heavy atom. The Labute approximate surface area is 125 Å². The van der Waals surface area contributed by atoms with Crippen LogP contribution in [0.3, 0.4) is 0 Å². The minimum atomic E-state index is -0.522. The largest absolute Gasteiger partial charge is 0.375 e. The van der Waals surface area contributed by atoms with E-state index in [1.165, 1.54) is 0 Å². The number of halogens is 3. The molecule has 2 rings (SSSR count). The van der Waals surface area contributed by atoms with Crippen molar-refractivity contribution in [3.63, 3.8) is 0 Å². The zero-order valence-corrected chi connectivity index (χ0v) is 13.2. The van der Waals surface area contributed by atoms with Crippen molar-refractivity contribution in [1.29, 1.82) is 0 Å². The molecule has 0 saturated carbocycles. The monoisotopic (exact) mass is 353 g/mol. The first kappa shape index (κ1) is 14.4. The molecule has 0 radical (unpaired) electrons. The van der Waals surface area contributed by atoms with E-state index in [2.05, 4.69) is 21.2 Å². The van der Waals surface area contributed by atoms with Crippen LogP contribution >= 0.6 is 39.1 Å². The van der Waals surface area contributed by atoms with Crippen LogP contribution in [-0.2, 0) is 9.47 Å². The molecular weight excluding hydrogens is 341 g/mol. The highest BCUT2D eigenvalue weighted by Gasteiger charge is 2.28. The molecule has 0 atom stereocenters. The van der Waals surface area contributed by atoms with E-state index in [0.717, 1.165) is 4.47 Å². The topological polar surface area (TPSA) is 30.5 Å². The fourth-order valence-electron chi connectivity index (χ4n) is 1.66. The predicted octanol–water partition coefficient (Wildman–Crippen LogP) is 4.32. The molecule has 1 aromatic rings. The second-order valence-corrected chi connectivity index (χ2v) is 6.34. The number of anilines is 1. The zero-order chi connectivity index (χ0) is 13.3. The highest BCUT2D eigenvalue weighted by Crippen LogP contribution is 2.34.